The molecule has 0 radical (unpaired) electrons. The van der Waals surface area contributed by atoms with E-state index in [4.69, 9.17) is 9.15 Å². The zero-order valence-electron chi connectivity index (χ0n) is 17.6. The van der Waals surface area contributed by atoms with Crippen LogP contribution in [0.3, 0.4) is 0 Å². The Labute approximate surface area is 167 Å². The van der Waals surface area contributed by atoms with Crippen LogP contribution < -0.4 is 4.74 Å². The minimum atomic E-state index is -0.590. The number of ketones is 1. The van der Waals surface area contributed by atoms with Gasteiger partial charge in [-0.1, -0.05) is 27.7 Å². The number of hydrogen-bond acceptors (Lipinski definition) is 4. The summed E-state index contributed by atoms with van der Waals surface area (Å²) in [6, 6.07) is 5.46. The first-order valence-corrected chi connectivity index (χ1v) is 10.2. The Bertz CT molecular complexity index is 871. The fourth-order valence-corrected chi connectivity index (χ4v) is 3.42. The number of rotatable bonds is 8. The summed E-state index contributed by atoms with van der Waals surface area (Å²) in [6.07, 6.45) is 3.50. The van der Waals surface area contributed by atoms with Crippen molar-refractivity contribution in [2.24, 2.45) is 11.3 Å². The number of nitrogens with zero attached hydrogens (tertiary/aromatic N) is 1. The van der Waals surface area contributed by atoms with E-state index in [1.807, 2.05) is 31.7 Å². The van der Waals surface area contributed by atoms with Crippen LogP contribution in [0.5, 0.6) is 5.75 Å². The van der Waals surface area contributed by atoms with Gasteiger partial charge in [0.2, 0.25) is 11.7 Å². The molecule has 0 aliphatic heterocycles. The Morgan fingerprint density at radius 1 is 1.25 bits per heavy atom. The second-order valence-electron chi connectivity index (χ2n) is 8.81. The number of ether oxygens (including phenoxy) is 1. The summed E-state index contributed by atoms with van der Waals surface area (Å²) in [5.41, 5.74) is 0.698. The molecule has 1 aliphatic carbocycles. The van der Waals surface area contributed by atoms with Gasteiger partial charge in [-0.05, 0) is 43.4 Å². The predicted octanol–water partition coefficient (Wildman–Crippen LogP) is 4.86. The van der Waals surface area contributed by atoms with Gasteiger partial charge in [0.15, 0.2) is 5.76 Å². The topological polar surface area (TPSA) is 59.8 Å². The number of benzene rings is 1. The Balaban J connectivity index is 2.00. The zero-order chi connectivity index (χ0) is 20.5. The van der Waals surface area contributed by atoms with Crippen LogP contribution in [0.4, 0.5) is 0 Å². The molecule has 1 heterocycles. The molecule has 1 amide bonds. The molecule has 2 aromatic rings. The van der Waals surface area contributed by atoms with Gasteiger partial charge in [0.25, 0.3) is 0 Å². The maximum Gasteiger partial charge on any atom is 0.227 e. The van der Waals surface area contributed by atoms with Gasteiger partial charge in [0.1, 0.15) is 11.3 Å². The molecular weight excluding hydrogens is 354 g/mol. The number of furan rings is 1. The largest absolute Gasteiger partial charge is 0.497 e. The van der Waals surface area contributed by atoms with Crippen molar-refractivity contribution in [1.82, 2.24) is 4.90 Å². The molecule has 152 valence electrons. The number of carbonyl (C=O) groups excluding carboxylic acids is 2. The Kier molecular flexibility index (Phi) is 5.82. The molecule has 1 aromatic carbocycles. The molecule has 1 aliphatic rings. The van der Waals surface area contributed by atoms with Crippen molar-refractivity contribution < 1.29 is 18.7 Å². The highest BCUT2D eigenvalue weighted by molar-refractivity contribution is 6.04. The average Bonchev–Trinajstić information content (AvgIpc) is 3.40. The Morgan fingerprint density at radius 2 is 1.96 bits per heavy atom. The molecule has 0 spiro atoms. The first-order valence-electron chi connectivity index (χ1n) is 10.2. The lowest BCUT2D eigenvalue weighted by Crippen LogP contribution is -2.35. The number of hydrogen-bond donors (Lipinski definition) is 0. The highest BCUT2D eigenvalue weighted by atomic mass is 16.5. The molecule has 28 heavy (non-hydrogen) atoms. The zero-order valence-corrected chi connectivity index (χ0v) is 17.6. The fraction of sp³-hybridized carbons (Fsp3) is 0.565. The van der Waals surface area contributed by atoms with Crippen molar-refractivity contribution in [3.63, 3.8) is 0 Å². The second kappa shape index (κ2) is 7.98. The molecule has 5 nitrogen and oxygen atoms in total. The summed E-state index contributed by atoms with van der Waals surface area (Å²) < 4.78 is 11.3. The molecule has 5 heteroatoms. The highest BCUT2D eigenvalue weighted by Gasteiger charge is 2.32. The molecule has 0 saturated heterocycles. The molecule has 0 bridgehead atoms. The van der Waals surface area contributed by atoms with E-state index < -0.39 is 5.41 Å². The molecule has 0 unspecified atom stereocenters. The smallest absolute Gasteiger partial charge is 0.227 e. The average molecular weight is 386 g/mol. The summed E-state index contributed by atoms with van der Waals surface area (Å²) in [6.45, 7) is 9.24. The third kappa shape index (κ3) is 4.40. The predicted molar refractivity (Wildman–Crippen MR) is 110 cm³/mol. The summed E-state index contributed by atoms with van der Waals surface area (Å²) >= 11 is 0. The first-order chi connectivity index (χ1) is 13.2. The van der Waals surface area contributed by atoms with Crippen LogP contribution in [0.25, 0.3) is 11.0 Å². The molecule has 0 atom stereocenters. The number of carbonyl (C=O) groups is 2. The minimum absolute atomic E-state index is 0.0576. The monoisotopic (exact) mass is 385 g/mol. The van der Waals surface area contributed by atoms with Crippen molar-refractivity contribution in [1.29, 1.82) is 0 Å². The Morgan fingerprint density at radius 3 is 2.54 bits per heavy atom. The minimum Gasteiger partial charge on any atom is -0.497 e. The quantitative estimate of drug-likeness (QED) is 0.609. The van der Waals surface area contributed by atoms with Crippen molar-refractivity contribution >= 4 is 22.7 Å². The van der Waals surface area contributed by atoms with E-state index in [9.17, 15) is 9.59 Å². The second-order valence-corrected chi connectivity index (χ2v) is 8.81. The maximum absolute atomic E-state index is 13.1. The van der Waals surface area contributed by atoms with Crippen molar-refractivity contribution in [3.8, 4) is 5.75 Å². The van der Waals surface area contributed by atoms with Crippen molar-refractivity contribution in [2.75, 3.05) is 20.2 Å². The van der Waals surface area contributed by atoms with Crippen LogP contribution in [0, 0.1) is 11.3 Å². The normalized spacial score (nSPS) is 14.3. The van der Waals surface area contributed by atoms with Gasteiger partial charge < -0.3 is 14.1 Å². The van der Waals surface area contributed by atoms with E-state index in [1.165, 1.54) is 12.8 Å². The van der Waals surface area contributed by atoms with Crippen molar-refractivity contribution in [3.05, 3.63) is 29.5 Å². The standard InChI is InChI=1S/C23H31NO4/c1-6-11-24(14-15-7-8-15)20(25)13-18-17-12-16(27-5)9-10-19(17)28-21(18)22(26)23(2,3)4/h9-10,12,15H,6-8,11,13-14H2,1-5H3. The number of fused-ring (bicyclic) bond motifs is 1. The van der Waals surface area contributed by atoms with Crippen LogP contribution in [-0.4, -0.2) is 36.8 Å². The lowest BCUT2D eigenvalue weighted by atomic mass is 9.87. The summed E-state index contributed by atoms with van der Waals surface area (Å²) in [7, 11) is 1.60. The van der Waals surface area contributed by atoms with E-state index in [2.05, 4.69) is 6.92 Å². The number of amides is 1. The number of methoxy groups -OCH3 is 1. The molecule has 1 saturated carbocycles. The maximum atomic E-state index is 13.1. The third-order valence-corrected chi connectivity index (χ3v) is 5.24. The number of Topliss-reactive ketones (excluding diaryl/α,β-unsaturated/α-hetero) is 1. The highest BCUT2D eigenvalue weighted by Crippen LogP contribution is 2.34. The first kappa shape index (κ1) is 20.4. The summed E-state index contributed by atoms with van der Waals surface area (Å²) in [5, 5.41) is 0.781. The van der Waals surface area contributed by atoms with Crippen LogP contribution in [0.15, 0.2) is 22.6 Å². The van der Waals surface area contributed by atoms with Gasteiger partial charge >= 0.3 is 0 Å². The van der Waals surface area contributed by atoms with Gasteiger partial charge in [0.05, 0.1) is 13.5 Å². The van der Waals surface area contributed by atoms with Gasteiger partial charge in [-0.15, -0.1) is 0 Å². The van der Waals surface area contributed by atoms with E-state index >= 15 is 0 Å². The van der Waals surface area contributed by atoms with Crippen molar-refractivity contribution in [2.45, 2.75) is 53.4 Å². The van der Waals surface area contributed by atoms with E-state index in [0.29, 0.717) is 28.6 Å². The molecule has 1 aromatic heterocycles. The van der Waals surface area contributed by atoms with Gasteiger partial charge in [0, 0.05) is 29.5 Å². The molecule has 3 rings (SSSR count). The van der Waals surface area contributed by atoms with Gasteiger partial charge in [-0.25, -0.2) is 0 Å². The van der Waals surface area contributed by atoms with Crippen LogP contribution >= 0.6 is 0 Å². The van der Waals surface area contributed by atoms with Gasteiger partial charge in [-0.2, -0.15) is 0 Å². The molecule has 0 N–H and O–H groups in total. The summed E-state index contributed by atoms with van der Waals surface area (Å²) in [5.74, 6) is 1.58. The fourth-order valence-electron chi connectivity index (χ4n) is 3.42. The SMILES string of the molecule is CCCN(CC1CC1)C(=O)Cc1c(C(=O)C(C)(C)C)oc2ccc(OC)cc12. The van der Waals surface area contributed by atoms with Crippen LogP contribution in [-0.2, 0) is 11.2 Å². The lowest BCUT2D eigenvalue weighted by Gasteiger charge is -2.22. The summed E-state index contributed by atoms with van der Waals surface area (Å²) in [4.78, 5) is 28.1. The van der Waals surface area contributed by atoms with E-state index in [1.54, 1.807) is 19.2 Å². The van der Waals surface area contributed by atoms with Gasteiger partial charge in [-0.3, -0.25) is 9.59 Å². The van der Waals surface area contributed by atoms with Crippen LogP contribution in [0.2, 0.25) is 0 Å². The van der Waals surface area contributed by atoms with E-state index in [0.717, 1.165) is 24.9 Å². The molecule has 1 fully saturated rings. The lowest BCUT2D eigenvalue weighted by molar-refractivity contribution is -0.130. The Hall–Kier alpha value is -2.30. The van der Waals surface area contributed by atoms with Crippen LogP contribution in [0.1, 0.15) is 63.1 Å². The third-order valence-electron chi connectivity index (χ3n) is 5.24. The molecular formula is C23H31NO4. The van der Waals surface area contributed by atoms with E-state index in [-0.39, 0.29) is 18.1 Å².